The third kappa shape index (κ3) is 2.28. The summed E-state index contributed by atoms with van der Waals surface area (Å²) in [5.74, 6) is -0.224. The summed E-state index contributed by atoms with van der Waals surface area (Å²) in [5.41, 5.74) is 10.3. The molecule has 1 aromatic carbocycles. The van der Waals surface area contributed by atoms with Gasteiger partial charge in [-0.2, -0.15) is 0 Å². The van der Waals surface area contributed by atoms with E-state index in [9.17, 15) is 4.79 Å². The lowest BCUT2D eigenvalue weighted by molar-refractivity contribution is -0.117. The molecule has 1 aromatic rings. The Labute approximate surface area is 106 Å². The van der Waals surface area contributed by atoms with Gasteiger partial charge in [0, 0.05) is 14.2 Å². The first-order valence-corrected chi connectivity index (χ1v) is 5.92. The van der Waals surface area contributed by atoms with Crippen LogP contribution in [0, 0.1) is 3.57 Å². The molecule has 82 valence electrons. The predicted molar refractivity (Wildman–Crippen MR) is 69.0 cm³/mol. The molecule has 0 bridgehead atoms. The van der Waals surface area contributed by atoms with Crippen molar-refractivity contribution >= 4 is 34.2 Å². The first kappa shape index (κ1) is 11.2. The summed E-state index contributed by atoms with van der Waals surface area (Å²) in [4.78, 5) is 14.4. The molecule has 1 amide bonds. The first-order chi connectivity index (χ1) is 7.70. The first-order valence-electron chi connectivity index (χ1n) is 4.84. The van der Waals surface area contributed by atoms with Gasteiger partial charge in [0.15, 0.2) is 0 Å². The average Bonchev–Trinajstić information content (AvgIpc) is 2.39. The molecular weight excluding hydrogens is 319 g/mol. The maximum atomic E-state index is 11.7. The minimum Gasteiger partial charge on any atom is -0.325 e. The molecule has 1 N–H and O–H groups in total. The van der Waals surface area contributed by atoms with Crippen LogP contribution in [0.3, 0.4) is 0 Å². The molecule has 1 unspecified atom stereocenters. The normalized spacial score (nSPS) is 19.1. The molecular formula is C10H9IN4O. The number of halogens is 1. The van der Waals surface area contributed by atoms with E-state index in [2.05, 4.69) is 37.9 Å². The predicted octanol–water partition coefficient (Wildman–Crippen LogP) is 2.85. The van der Waals surface area contributed by atoms with Crippen LogP contribution in [0.5, 0.6) is 0 Å². The summed E-state index contributed by atoms with van der Waals surface area (Å²) in [6, 6.07) is 5.32. The number of fused-ring (bicyclic) bond motifs is 1. The maximum absolute atomic E-state index is 11.7. The summed E-state index contributed by atoms with van der Waals surface area (Å²) < 4.78 is 1.07. The Balaban J connectivity index is 2.33. The number of nitrogens with one attached hydrogen (secondary N) is 1. The van der Waals surface area contributed by atoms with E-state index >= 15 is 0 Å². The highest BCUT2D eigenvalue weighted by molar-refractivity contribution is 14.1. The number of benzene rings is 1. The van der Waals surface area contributed by atoms with Gasteiger partial charge in [0.25, 0.3) is 0 Å². The van der Waals surface area contributed by atoms with Crippen molar-refractivity contribution in [1.29, 1.82) is 0 Å². The number of carbonyl (C=O) groups is 1. The SMILES string of the molecule is [N-]=[N+]=NC1CCc2ccc(I)cc2NC1=O. The van der Waals surface area contributed by atoms with Gasteiger partial charge in [0.05, 0.1) is 0 Å². The van der Waals surface area contributed by atoms with Crippen molar-refractivity contribution in [3.05, 3.63) is 37.8 Å². The number of hydrogen-bond acceptors (Lipinski definition) is 2. The third-order valence-electron chi connectivity index (χ3n) is 2.51. The Kier molecular flexibility index (Phi) is 3.31. The van der Waals surface area contributed by atoms with Crippen molar-refractivity contribution in [3.63, 3.8) is 0 Å². The molecule has 5 nitrogen and oxygen atoms in total. The van der Waals surface area contributed by atoms with Crippen molar-refractivity contribution in [1.82, 2.24) is 0 Å². The molecule has 0 spiro atoms. The Morgan fingerprint density at radius 3 is 3.12 bits per heavy atom. The fraction of sp³-hybridized carbons (Fsp3) is 0.300. The summed E-state index contributed by atoms with van der Waals surface area (Å²) in [7, 11) is 0. The Morgan fingerprint density at radius 1 is 1.56 bits per heavy atom. The zero-order valence-corrected chi connectivity index (χ0v) is 10.5. The number of hydrogen-bond donors (Lipinski definition) is 1. The molecule has 16 heavy (non-hydrogen) atoms. The van der Waals surface area contributed by atoms with Gasteiger partial charge in [-0.15, -0.1) is 0 Å². The molecule has 1 heterocycles. The van der Waals surface area contributed by atoms with Crippen LogP contribution in [0.4, 0.5) is 5.69 Å². The van der Waals surface area contributed by atoms with Crippen molar-refractivity contribution in [2.45, 2.75) is 18.9 Å². The highest BCUT2D eigenvalue weighted by Crippen LogP contribution is 2.25. The second-order valence-corrected chi connectivity index (χ2v) is 4.80. The molecule has 1 aliphatic heterocycles. The van der Waals surface area contributed by atoms with Crippen molar-refractivity contribution in [2.75, 3.05) is 5.32 Å². The standard InChI is InChI=1S/C10H9IN4O/c11-7-3-1-6-2-4-8(14-15-12)10(16)13-9(6)5-7/h1,3,5,8H,2,4H2,(H,13,16). The Morgan fingerprint density at radius 2 is 2.38 bits per heavy atom. The molecule has 2 rings (SSSR count). The van der Waals surface area contributed by atoms with Gasteiger partial charge < -0.3 is 5.32 Å². The van der Waals surface area contributed by atoms with E-state index in [-0.39, 0.29) is 5.91 Å². The van der Waals surface area contributed by atoms with E-state index in [1.54, 1.807) is 0 Å². The molecule has 1 atom stereocenters. The van der Waals surface area contributed by atoms with Gasteiger partial charge >= 0.3 is 0 Å². The van der Waals surface area contributed by atoms with E-state index in [0.717, 1.165) is 21.2 Å². The van der Waals surface area contributed by atoms with Gasteiger partial charge in [0.1, 0.15) is 6.04 Å². The second kappa shape index (κ2) is 4.71. The topological polar surface area (TPSA) is 77.9 Å². The highest BCUT2D eigenvalue weighted by Gasteiger charge is 2.22. The quantitative estimate of drug-likeness (QED) is 0.366. The van der Waals surface area contributed by atoms with Crippen LogP contribution in [-0.4, -0.2) is 11.9 Å². The Bertz CT molecular complexity index is 482. The molecule has 0 aromatic heterocycles. The lowest BCUT2D eigenvalue weighted by Crippen LogP contribution is -2.24. The van der Waals surface area contributed by atoms with E-state index < -0.39 is 6.04 Å². The number of anilines is 1. The lowest BCUT2D eigenvalue weighted by Gasteiger charge is -2.07. The summed E-state index contributed by atoms with van der Waals surface area (Å²) in [6.07, 6.45) is 1.30. The van der Waals surface area contributed by atoms with Gasteiger partial charge in [-0.05, 0) is 58.7 Å². The maximum Gasteiger partial charge on any atom is 0.233 e. The number of aryl methyl sites for hydroxylation is 1. The zero-order chi connectivity index (χ0) is 11.5. The molecule has 0 saturated heterocycles. The van der Waals surface area contributed by atoms with E-state index in [1.165, 1.54) is 0 Å². The van der Waals surface area contributed by atoms with Crippen LogP contribution in [0.1, 0.15) is 12.0 Å². The molecule has 0 aliphatic carbocycles. The molecule has 0 fully saturated rings. The summed E-state index contributed by atoms with van der Waals surface area (Å²) in [6.45, 7) is 0. The highest BCUT2D eigenvalue weighted by atomic mass is 127. The number of nitrogens with zero attached hydrogens (tertiary/aromatic N) is 3. The van der Waals surface area contributed by atoms with Crippen LogP contribution < -0.4 is 5.32 Å². The van der Waals surface area contributed by atoms with Crippen LogP contribution in [0.2, 0.25) is 0 Å². The lowest BCUT2D eigenvalue weighted by atomic mass is 10.1. The largest absolute Gasteiger partial charge is 0.325 e. The second-order valence-electron chi connectivity index (χ2n) is 3.55. The molecule has 0 radical (unpaired) electrons. The molecule has 6 heteroatoms. The van der Waals surface area contributed by atoms with E-state index in [4.69, 9.17) is 5.53 Å². The smallest absolute Gasteiger partial charge is 0.233 e. The molecule has 0 saturated carbocycles. The minimum atomic E-state index is -0.602. The number of carbonyl (C=O) groups excluding carboxylic acids is 1. The zero-order valence-electron chi connectivity index (χ0n) is 8.35. The van der Waals surface area contributed by atoms with E-state index in [0.29, 0.717) is 6.42 Å². The summed E-state index contributed by atoms with van der Waals surface area (Å²) in [5, 5.41) is 6.29. The van der Waals surface area contributed by atoms with Crippen LogP contribution in [-0.2, 0) is 11.2 Å². The van der Waals surface area contributed by atoms with Crippen molar-refractivity contribution in [3.8, 4) is 0 Å². The number of azide groups is 1. The van der Waals surface area contributed by atoms with Crippen LogP contribution >= 0.6 is 22.6 Å². The van der Waals surface area contributed by atoms with Crippen molar-refractivity contribution in [2.24, 2.45) is 5.11 Å². The van der Waals surface area contributed by atoms with Crippen LogP contribution in [0.25, 0.3) is 10.4 Å². The Hall–Kier alpha value is -1.27. The fourth-order valence-electron chi connectivity index (χ4n) is 1.69. The summed E-state index contributed by atoms with van der Waals surface area (Å²) >= 11 is 2.19. The molecule has 1 aliphatic rings. The third-order valence-corrected chi connectivity index (χ3v) is 3.18. The van der Waals surface area contributed by atoms with Crippen LogP contribution in [0.15, 0.2) is 23.3 Å². The van der Waals surface area contributed by atoms with Gasteiger partial charge in [-0.3, -0.25) is 4.79 Å². The van der Waals surface area contributed by atoms with Gasteiger partial charge in [-0.25, -0.2) is 0 Å². The van der Waals surface area contributed by atoms with Gasteiger partial charge in [-0.1, -0.05) is 11.2 Å². The minimum absolute atomic E-state index is 0.224. The number of rotatable bonds is 1. The van der Waals surface area contributed by atoms with Crippen molar-refractivity contribution < 1.29 is 4.79 Å². The van der Waals surface area contributed by atoms with E-state index in [1.807, 2.05) is 18.2 Å². The number of amides is 1. The van der Waals surface area contributed by atoms with Gasteiger partial charge in [0.2, 0.25) is 5.91 Å². The average molecular weight is 328 g/mol. The fourth-order valence-corrected chi connectivity index (χ4v) is 2.19. The monoisotopic (exact) mass is 328 g/mol.